The SMILES string of the molecule is CC(C)CC[C@H](O)[C@H](N)c1cc(Br)ccc1Br.Cl. The Morgan fingerprint density at radius 2 is 1.83 bits per heavy atom. The van der Waals surface area contributed by atoms with E-state index in [-0.39, 0.29) is 18.4 Å². The third kappa shape index (κ3) is 5.57. The van der Waals surface area contributed by atoms with Crippen molar-refractivity contribution in [3.05, 3.63) is 32.7 Å². The summed E-state index contributed by atoms with van der Waals surface area (Å²) in [6, 6.07) is 5.49. The van der Waals surface area contributed by atoms with E-state index in [0.717, 1.165) is 27.4 Å². The monoisotopic (exact) mass is 399 g/mol. The molecule has 1 aromatic carbocycles. The molecule has 18 heavy (non-hydrogen) atoms. The van der Waals surface area contributed by atoms with E-state index in [9.17, 15) is 5.11 Å². The molecule has 1 rings (SSSR count). The standard InChI is InChI=1S/C13H19Br2NO.ClH/c1-8(2)3-6-12(17)13(16)10-7-9(14)4-5-11(10)15;/h4-5,7-8,12-13,17H,3,6,16H2,1-2H3;1H/t12-,13+;/m0./s1. The Morgan fingerprint density at radius 1 is 1.22 bits per heavy atom. The average molecular weight is 402 g/mol. The lowest BCUT2D eigenvalue weighted by atomic mass is 9.96. The Balaban J connectivity index is 0.00000289. The molecule has 3 N–H and O–H groups in total. The van der Waals surface area contributed by atoms with Crippen molar-refractivity contribution in [3.63, 3.8) is 0 Å². The Morgan fingerprint density at radius 3 is 2.39 bits per heavy atom. The molecule has 2 nitrogen and oxygen atoms in total. The van der Waals surface area contributed by atoms with Crippen molar-refractivity contribution in [2.45, 2.75) is 38.8 Å². The van der Waals surface area contributed by atoms with E-state index in [1.54, 1.807) is 0 Å². The van der Waals surface area contributed by atoms with Gasteiger partial charge in [-0.3, -0.25) is 0 Å². The lowest BCUT2D eigenvalue weighted by Crippen LogP contribution is -2.26. The van der Waals surface area contributed by atoms with Gasteiger partial charge in [0, 0.05) is 8.95 Å². The highest BCUT2D eigenvalue weighted by Gasteiger charge is 2.19. The molecular weight excluding hydrogens is 381 g/mol. The van der Waals surface area contributed by atoms with Gasteiger partial charge in [0.25, 0.3) is 0 Å². The zero-order valence-electron chi connectivity index (χ0n) is 10.6. The summed E-state index contributed by atoms with van der Waals surface area (Å²) in [6.07, 6.45) is 1.22. The number of hydrogen-bond donors (Lipinski definition) is 2. The van der Waals surface area contributed by atoms with Crippen molar-refractivity contribution < 1.29 is 5.11 Å². The van der Waals surface area contributed by atoms with Crippen LogP contribution < -0.4 is 5.73 Å². The number of hydrogen-bond acceptors (Lipinski definition) is 2. The van der Waals surface area contributed by atoms with Gasteiger partial charge >= 0.3 is 0 Å². The minimum Gasteiger partial charge on any atom is -0.391 e. The maximum absolute atomic E-state index is 10.1. The number of halogens is 3. The molecule has 0 spiro atoms. The van der Waals surface area contributed by atoms with Crippen molar-refractivity contribution in [2.24, 2.45) is 11.7 Å². The zero-order valence-corrected chi connectivity index (χ0v) is 14.6. The number of aliphatic hydroxyl groups excluding tert-OH is 1. The Bertz CT molecular complexity index is 374. The molecule has 104 valence electrons. The molecule has 0 fully saturated rings. The fourth-order valence-corrected chi connectivity index (χ4v) is 2.55. The first-order chi connectivity index (χ1) is 7.91. The Kier molecular flexibility index (Phi) is 8.72. The molecule has 0 aliphatic rings. The van der Waals surface area contributed by atoms with Gasteiger partial charge in [-0.25, -0.2) is 0 Å². The van der Waals surface area contributed by atoms with Crippen LogP contribution in [0.15, 0.2) is 27.1 Å². The summed E-state index contributed by atoms with van der Waals surface area (Å²) in [5.41, 5.74) is 7.03. The molecule has 0 aromatic heterocycles. The minimum absolute atomic E-state index is 0. The molecule has 0 heterocycles. The Hall–Kier alpha value is 0.390. The molecule has 0 saturated heterocycles. The first kappa shape index (κ1) is 18.4. The van der Waals surface area contributed by atoms with Gasteiger partial charge in [-0.05, 0) is 42.5 Å². The van der Waals surface area contributed by atoms with Crippen LogP contribution in [0.25, 0.3) is 0 Å². The molecule has 5 heteroatoms. The van der Waals surface area contributed by atoms with Crippen molar-refractivity contribution in [1.29, 1.82) is 0 Å². The van der Waals surface area contributed by atoms with Gasteiger partial charge in [0.2, 0.25) is 0 Å². The molecule has 0 amide bonds. The number of rotatable bonds is 5. The lowest BCUT2D eigenvalue weighted by Gasteiger charge is -2.21. The topological polar surface area (TPSA) is 46.2 Å². The zero-order chi connectivity index (χ0) is 13.0. The van der Waals surface area contributed by atoms with Crippen LogP contribution in [-0.4, -0.2) is 11.2 Å². The van der Waals surface area contributed by atoms with E-state index in [2.05, 4.69) is 45.7 Å². The van der Waals surface area contributed by atoms with Crippen LogP contribution in [0.3, 0.4) is 0 Å². The second-order valence-corrected chi connectivity index (χ2v) is 6.50. The Labute approximate surface area is 132 Å². The molecule has 0 saturated carbocycles. The third-order valence-electron chi connectivity index (χ3n) is 2.77. The van der Waals surface area contributed by atoms with Gasteiger partial charge in [-0.15, -0.1) is 12.4 Å². The summed E-state index contributed by atoms with van der Waals surface area (Å²) in [7, 11) is 0. The maximum atomic E-state index is 10.1. The highest BCUT2D eigenvalue weighted by molar-refractivity contribution is 9.11. The first-order valence-corrected chi connectivity index (χ1v) is 7.39. The van der Waals surface area contributed by atoms with Crippen molar-refractivity contribution >= 4 is 44.3 Å². The quantitative estimate of drug-likeness (QED) is 0.767. The fourth-order valence-electron chi connectivity index (χ4n) is 1.66. The van der Waals surface area contributed by atoms with Crippen molar-refractivity contribution in [3.8, 4) is 0 Å². The van der Waals surface area contributed by atoms with Crippen LogP contribution in [0.1, 0.15) is 38.3 Å². The normalized spacial score (nSPS) is 14.2. The molecule has 0 aliphatic carbocycles. The van der Waals surface area contributed by atoms with E-state index in [4.69, 9.17) is 5.73 Å². The molecule has 0 unspecified atom stereocenters. The van der Waals surface area contributed by atoms with Gasteiger partial charge in [-0.1, -0.05) is 45.7 Å². The second-order valence-electron chi connectivity index (χ2n) is 4.73. The smallest absolute Gasteiger partial charge is 0.0733 e. The summed E-state index contributed by atoms with van der Waals surface area (Å²) < 4.78 is 1.92. The predicted octanol–water partition coefficient (Wildman–Crippen LogP) is 4.43. The van der Waals surface area contributed by atoms with Gasteiger partial charge in [0.15, 0.2) is 0 Å². The largest absolute Gasteiger partial charge is 0.391 e. The van der Waals surface area contributed by atoms with Crippen LogP contribution in [0, 0.1) is 5.92 Å². The van der Waals surface area contributed by atoms with E-state index < -0.39 is 6.10 Å². The second kappa shape index (κ2) is 8.54. The lowest BCUT2D eigenvalue weighted by molar-refractivity contribution is 0.128. The maximum Gasteiger partial charge on any atom is 0.0733 e. The molecule has 0 bridgehead atoms. The van der Waals surface area contributed by atoms with E-state index in [1.807, 2.05) is 18.2 Å². The first-order valence-electron chi connectivity index (χ1n) is 5.80. The average Bonchev–Trinajstić information content (AvgIpc) is 2.28. The molecule has 0 aliphatic heterocycles. The summed E-state index contributed by atoms with van der Waals surface area (Å²) in [5, 5.41) is 10.1. The fraction of sp³-hybridized carbons (Fsp3) is 0.538. The van der Waals surface area contributed by atoms with Gasteiger partial charge in [-0.2, -0.15) is 0 Å². The van der Waals surface area contributed by atoms with Crippen LogP contribution in [0.4, 0.5) is 0 Å². The molecular formula is C13H20Br2ClNO. The molecule has 2 atom stereocenters. The summed E-state index contributed by atoms with van der Waals surface area (Å²) in [5.74, 6) is 0.586. The van der Waals surface area contributed by atoms with Gasteiger partial charge in [0.05, 0.1) is 12.1 Å². The van der Waals surface area contributed by atoms with Crippen LogP contribution in [-0.2, 0) is 0 Å². The number of nitrogens with two attached hydrogens (primary N) is 1. The number of aliphatic hydroxyl groups is 1. The van der Waals surface area contributed by atoms with E-state index in [0.29, 0.717) is 5.92 Å². The van der Waals surface area contributed by atoms with Crippen LogP contribution >= 0.6 is 44.3 Å². The minimum atomic E-state index is -0.497. The van der Waals surface area contributed by atoms with Gasteiger partial charge in [0.1, 0.15) is 0 Å². The predicted molar refractivity (Wildman–Crippen MR) is 86.1 cm³/mol. The summed E-state index contributed by atoms with van der Waals surface area (Å²) >= 11 is 6.89. The summed E-state index contributed by atoms with van der Waals surface area (Å²) in [4.78, 5) is 0. The van der Waals surface area contributed by atoms with Crippen molar-refractivity contribution in [1.82, 2.24) is 0 Å². The van der Waals surface area contributed by atoms with Crippen molar-refractivity contribution in [2.75, 3.05) is 0 Å². The number of benzene rings is 1. The van der Waals surface area contributed by atoms with E-state index >= 15 is 0 Å². The molecule has 0 radical (unpaired) electrons. The van der Waals surface area contributed by atoms with Gasteiger partial charge < -0.3 is 10.8 Å². The van der Waals surface area contributed by atoms with Crippen LogP contribution in [0.5, 0.6) is 0 Å². The third-order valence-corrected chi connectivity index (χ3v) is 3.99. The van der Waals surface area contributed by atoms with Crippen LogP contribution in [0.2, 0.25) is 0 Å². The van der Waals surface area contributed by atoms with E-state index in [1.165, 1.54) is 0 Å². The highest BCUT2D eigenvalue weighted by atomic mass is 79.9. The molecule has 1 aromatic rings. The highest BCUT2D eigenvalue weighted by Crippen LogP contribution is 2.29. The summed E-state index contributed by atoms with van der Waals surface area (Å²) in [6.45, 7) is 4.29.